The van der Waals surface area contributed by atoms with Crippen LogP contribution >= 0.6 is 0 Å². The summed E-state index contributed by atoms with van der Waals surface area (Å²) in [5.74, 6) is -0.850. The molecule has 5 heteroatoms. The molecule has 1 amide bonds. The molecule has 3 aromatic rings. The topological polar surface area (TPSA) is 62.3 Å². The number of carbonyl (C=O) groups is 2. The highest BCUT2D eigenvalue weighted by Crippen LogP contribution is 2.35. The number of para-hydroxylation sites is 2. The Morgan fingerprint density at radius 3 is 2.52 bits per heavy atom. The van der Waals surface area contributed by atoms with Gasteiger partial charge in [0.05, 0.1) is 5.69 Å². The molecule has 0 spiro atoms. The minimum absolute atomic E-state index is 0.164. The van der Waals surface area contributed by atoms with Crippen molar-refractivity contribution in [2.75, 3.05) is 16.8 Å². The Bertz CT molecular complexity index is 1000. The molecule has 134 valence electrons. The molecule has 0 bridgehead atoms. The Morgan fingerprint density at radius 1 is 1.00 bits per heavy atom. The Balaban J connectivity index is 1.68. The summed E-state index contributed by atoms with van der Waals surface area (Å²) in [7, 11) is 0. The first kappa shape index (κ1) is 17.0. The van der Waals surface area contributed by atoms with Gasteiger partial charge in [-0.1, -0.05) is 36.4 Å². The molecule has 4 rings (SSSR count). The second-order valence-corrected chi connectivity index (χ2v) is 6.53. The Labute approximate surface area is 157 Å². The van der Waals surface area contributed by atoms with Gasteiger partial charge in [-0.3, -0.25) is 9.59 Å². The van der Waals surface area contributed by atoms with E-state index in [9.17, 15) is 9.59 Å². The third kappa shape index (κ3) is 3.31. The lowest BCUT2D eigenvalue weighted by Crippen LogP contribution is -2.43. The number of Topliss-reactive ketones (excluding diaryl/α,β-unsaturated/α-hetero) is 1. The zero-order valence-electron chi connectivity index (χ0n) is 14.9. The average Bonchev–Trinajstić information content (AvgIpc) is 2.69. The number of nitrogens with zero attached hydrogens (tertiary/aromatic N) is 2. The van der Waals surface area contributed by atoms with E-state index >= 15 is 0 Å². The summed E-state index contributed by atoms with van der Waals surface area (Å²) in [5.41, 5.74) is 3.14. The molecule has 2 aromatic carbocycles. The van der Waals surface area contributed by atoms with E-state index in [2.05, 4.69) is 10.3 Å². The molecule has 1 N–H and O–H groups in total. The molecule has 1 aromatic heterocycles. The number of benzene rings is 2. The van der Waals surface area contributed by atoms with Gasteiger partial charge in [0.15, 0.2) is 5.78 Å². The number of carbonyl (C=O) groups excluding carboxylic acids is 2. The normalized spacial score (nSPS) is 16.0. The lowest BCUT2D eigenvalue weighted by molar-refractivity contribution is -0.118. The number of hydrogen-bond acceptors (Lipinski definition) is 4. The van der Waals surface area contributed by atoms with E-state index in [-0.39, 0.29) is 18.2 Å². The summed E-state index contributed by atoms with van der Waals surface area (Å²) in [6, 6.07) is 22.6. The van der Waals surface area contributed by atoms with Crippen molar-refractivity contribution in [3.63, 3.8) is 0 Å². The Kier molecular flexibility index (Phi) is 4.42. The number of pyridine rings is 1. The summed E-state index contributed by atoms with van der Waals surface area (Å²) >= 11 is 0. The molecule has 1 atom stereocenters. The Hall–Kier alpha value is -3.47. The van der Waals surface area contributed by atoms with Crippen LogP contribution < -0.4 is 10.2 Å². The molecule has 0 aliphatic carbocycles. The fourth-order valence-corrected chi connectivity index (χ4v) is 3.35. The zero-order valence-corrected chi connectivity index (χ0v) is 14.9. The maximum atomic E-state index is 13.0. The van der Waals surface area contributed by atoms with E-state index in [1.807, 2.05) is 72.5 Å². The van der Waals surface area contributed by atoms with Crippen molar-refractivity contribution in [3.8, 4) is 0 Å². The molecule has 0 fully saturated rings. The molecule has 1 aliphatic rings. The van der Waals surface area contributed by atoms with E-state index in [0.29, 0.717) is 11.4 Å². The molecule has 1 aliphatic heterocycles. The zero-order chi connectivity index (χ0) is 18.8. The molecule has 5 nitrogen and oxygen atoms in total. The highest BCUT2D eigenvalue weighted by Gasteiger charge is 2.37. The highest BCUT2D eigenvalue weighted by molar-refractivity contribution is 6.17. The third-order valence-electron chi connectivity index (χ3n) is 4.67. The highest BCUT2D eigenvalue weighted by atomic mass is 16.2. The maximum Gasteiger partial charge on any atom is 0.238 e. The fourth-order valence-electron chi connectivity index (χ4n) is 3.35. The van der Waals surface area contributed by atoms with Crippen LogP contribution in [-0.2, 0) is 4.79 Å². The number of anilines is 3. The fraction of sp³-hybridized carbons (Fsp3) is 0.136. The van der Waals surface area contributed by atoms with Crippen LogP contribution in [0.5, 0.6) is 0 Å². The van der Waals surface area contributed by atoms with E-state index in [1.165, 1.54) is 0 Å². The third-order valence-corrected chi connectivity index (χ3v) is 4.67. The second-order valence-electron chi connectivity index (χ2n) is 6.53. The van der Waals surface area contributed by atoms with Gasteiger partial charge in [-0.25, -0.2) is 4.98 Å². The number of hydrogen-bond donors (Lipinski definition) is 1. The van der Waals surface area contributed by atoms with Gasteiger partial charge in [0, 0.05) is 23.5 Å². The summed E-state index contributed by atoms with van der Waals surface area (Å²) in [6.07, 6.45) is 0. The van der Waals surface area contributed by atoms with Crippen LogP contribution in [0, 0.1) is 12.8 Å². The van der Waals surface area contributed by atoms with Crippen molar-refractivity contribution in [2.24, 2.45) is 5.92 Å². The van der Waals surface area contributed by atoms with Crippen molar-refractivity contribution in [1.29, 1.82) is 0 Å². The quantitative estimate of drug-likeness (QED) is 0.720. The predicted octanol–water partition coefficient (Wildman–Crippen LogP) is 3.98. The number of nitrogens with one attached hydrogen (secondary N) is 1. The standard InChI is InChI=1S/C22H19N3O2/c1-15-8-7-13-20(23-15)24-22(27)18-14-25(16-9-3-2-4-10-16)19-12-6-5-11-17(19)21(18)26/h2-13,18H,14H2,1H3,(H,23,24,27). The van der Waals surface area contributed by atoms with E-state index in [0.717, 1.165) is 17.1 Å². The van der Waals surface area contributed by atoms with Gasteiger partial charge in [0.1, 0.15) is 11.7 Å². The number of aromatic nitrogens is 1. The number of aryl methyl sites for hydroxylation is 1. The first-order valence-corrected chi connectivity index (χ1v) is 8.84. The maximum absolute atomic E-state index is 13.0. The van der Waals surface area contributed by atoms with Gasteiger partial charge in [0.25, 0.3) is 0 Å². The monoisotopic (exact) mass is 357 g/mol. The van der Waals surface area contributed by atoms with Gasteiger partial charge >= 0.3 is 0 Å². The summed E-state index contributed by atoms with van der Waals surface area (Å²) in [4.78, 5) is 32.2. The van der Waals surface area contributed by atoms with Crippen molar-refractivity contribution in [1.82, 2.24) is 4.98 Å². The van der Waals surface area contributed by atoms with Crippen molar-refractivity contribution < 1.29 is 9.59 Å². The van der Waals surface area contributed by atoms with Crippen molar-refractivity contribution in [3.05, 3.63) is 84.1 Å². The SMILES string of the molecule is Cc1cccc(NC(=O)C2CN(c3ccccc3)c3ccccc3C2=O)n1. The number of rotatable bonds is 3. The number of amides is 1. The van der Waals surface area contributed by atoms with Crippen LogP contribution in [0.4, 0.5) is 17.2 Å². The van der Waals surface area contributed by atoms with Crippen LogP contribution in [0.25, 0.3) is 0 Å². The van der Waals surface area contributed by atoms with Gasteiger partial charge in [-0.2, -0.15) is 0 Å². The first-order chi connectivity index (χ1) is 13.1. The molecule has 27 heavy (non-hydrogen) atoms. The molecule has 2 heterocycles. The smallest absolute Gasteiger partial charge is 0.238 e. The predicted molar refractivity (Wildman–Crippen MR) is 105 cm³/mol. The van der Waals surface area contributed by atoms with Gasteiger partial charge < -0.3 is 10.2 Å². The van der Waals surface area contributed by atoms with Gasteiger partial charge in [-0.05, 0) is 43.3 Å². The van der Waals surface area contributed by atoms with Gasteiger partial charge in [0.2, 0.25) is 5.91 Å². The van der Waals surface area contributed by atoms with Crippen LogP contribution in [-0.4, -0.2) is 23.2 Å². The van der Waals surface area contributed by atoms with Crippen LogP contribution in [0.15, 0.2) is 72.8 Å². The first-order valence-electron chi connectivity index (χ1n) is 8.84. The molecule has 0 saturated heterocycles. The van der Waals surface area contributed by atoms with E-state index in [1.54, 1.807) is 12.1 Å². The lowest BCUT2D eigenvalue weighted by atomic mass is 9.90. The molecular weight excluding hydrogens is 338 g/mol. The minimum Gasteiger partial charge on any atom is -0.340 e. The van der Waals surface area contributed by atoms with Crippen LogP contribution in [0.3, 0.4) is 0 Å². The second kappa shape index (κ2) is 7.03. The van der Waals surface area contributed by atoms with Crippen molar-refractivity contribution >= 4 is 28.9 Å². The Morgan fingerprint density at radius 2 is 1.74 bits per heavy atom. The largest absolute Gasteiger partial charge is 0.340 e. The van der Waals surface area contributed by atoms with E-state index < -0.39 is 5.92 Å². The lowest BCUT2D eigenvalue weighted by Gasteiger charge is -2.34. The summed E-state index contributed by atoms with van der Waals surface area (Å²) in [5, 5.41) is 2.79. The molecule has 0 saturated carbocycles. The molecule has 1 unspecified atom stereocenters. The van der Waals surface area contributed by atoms with Crippen LogP contribution in [0.1, 0.15) is 16.1 Å². The van der Waals surface area contributed by atoms with Gasteiger partial charge in [-0.15, -0.1) is 0 Å². The van der Waals surface area contributed by atoms with Crippen molar-refractivity contribution in [2.45, 2.75) is 6.92 Å². The minimum atomic E-state index is -0.803. The summed E-state index contributed by atoms with van der Waals surface area (Å²) in [6.45, 7) is 2.15. The van der Waals surface area contributed by atoms with Crippen LogP contribution in [0.2, 0.25) is 0 Å². The van der Waals surface area contributed by atoms with E-state index in [4.69, 9.17) is 0 Å². The summed E-state index contributed by atoms with van der Waals surface area (Å²) < 4.78 is 0. The molecule has 0 radical (unpaired) electrons. The number of ketones is 1. The average molecular weight is 357 g/mol. The number of fused-ring (bicyclic) bond motifs is 1. The molecular formula is C22H19N3O2.